The summed E-state index contributed by atoms with van der Waals surface area (Å²) in [7, 11) is 0. The Kier molecular flexibility index (Phi) is 4.18. The van der Waals surface area contributed by atoms with Gasteiger partial charge in [0.05, 0.1) is 0 Å². The molecule has 1 fully saturated rings. The van der Waals surface area contributed by atoms with Gasteiger partial charge in [0.1, 0.15) is 0 Å². The average Bonchev–Trinajstić information content (AvgIpc) is 2.77. The van der Waals surface area contributed by atoms with Crippen molar-refractivity contribution in [2.75, 3.05) is 13.1 Å². The van der Waals surface area contributed by atoms with Gasteiger partial charge >= 0.3 is 0 Å². The second-order valence-corrected chi connectivity index (χ2v) is 5.44. The number of halogens is 1. The van der Waals surface area contributed by atoms with Gasteiger partial charge in [0.25, 0.3) is 5.91 Å². The SMILES string of the molecule is Cc1cc(Br)cc(C(=O)NCC2CCCN2)c1. The monoisotopic (exact) mass is 296 g/mol. The second kappa shape index (κ2) is 5.65. The maximum atomic E-state index is 11.9. The molecule has 0 radical (unpaired) electrons. The van der Waals surface area contributed by atoms with Crippen LogP contribution in [0.4, 0.5) is 0 Å². The van der Waals surface area contributed by atoms with Crippen LogP contribution < -0.4 is 10.6 Å². The van der Waals surface area contributed by atoms with Crippen molar-refractivity contribution in [2.24, 2.45) is 0 Å². The van der Waals surface area contributed by atoms with Crippen LogP contribution in [-0.4, -0.2) is 25.0 Å². The van der Waals surface area contributed by atoms with Crippen molar-refractivity contribution in [1.82, 2.24) is 10.6 Å². The molecule has 1 heterocycles. The summed E-state index contributed by atoms with van der Waals surface area (Å²) in [4.78, 5) is 11.9. The van der Waals surface area contributed by atoms with E-state index in [9.17, 15) is 4.79 Å². The quantitative estimate of drug-likeness (QED) is 0.898. The van der Waals surface area contributed by atoms with Crippen LogP contribution in [0.3, 0.4) is 0 Å². The molecule has 92 valence electrons. The Morgan fingerprint density at radius 1 is 1.53 bits per heavy atom. The summed E-state index contributed by atoms with van der Waals surface area (Å²) >= 11 is 3.41. The molecule has 17 heavy (non-hydrogen) atoms. The third-order valence-corrected chi connectivity index (χ3v) is 3.43. The molecule has 2 N–H and O–H groups in total. The van der Waals surface area contributed by atoms with Crippen molar-refractivity contribution in [3.63, 3.8) is 0 Å². The van der Waals surface area contributed by atoms with E-state index in [1.165, 1.54) is 6.42 Å². The molecule has 1 atom stereocenters. The van der Waals surface area contributed by atoms with Gasteiger partial charge in [0.15, 0.2) is 0 Å². The van der Waals surface area contributed by atoms with Crippen molar-refractivity contribution >= 4 is 21.8 Å². The molecule has 0 bridgehead atoms. The minimum absolute atomic E-state index is 0.00287. The van der Waals surface area contributed by atoms with Gasteiger partial charge in [-0.15, -0.1) is 0 Å². The first kappa shape index (κ1) is 12.6. The Balaban J connectivity index is 1.94. The van der Waals surface area contributed by atoms with E-state index in [2.05, 4.69) is 26.6 Å². The zero-order chi connectivity index (χ0) is 12.3. The lowest BCUT2D eigenvalue weighted by molar-refractivity contribution is 0.0950. The fourth-order valence-corrected chi connectivity index (χ4v) is 2.72. The lowest BCUT2D eigenvalue weighted by atomic mass is 10.1. The largest absolute Gasteiger partial charge is 0.350 e. The van der Waals surface area contributed by atoms with Crippen LogP contribution >= 0.6 is 15.9 Å². The highest BCUT2D eigenvalue weighted by Crippen LogP contribution is 2.15. The predicted molar refractivity (Wildman–Crippen MR) is 72.2 cm³/mol. The smallest absolute Gasteiger partial charge is 0.251 e. The van der Waals surface area contributed by atoms with E-state index in [4.69, 9.17) is 0 Å². The first-order valence-corrected chi connectivity index (χ1v) is 6.73. The third-order valence-electron chi connectivity index (χ3n) is 2.98. The van der Waals surface area contributed by atoms with E-state index in [0.29, 0.717) is 12.6 Å². The van der Waals surface area contributed by atoms with Gasteiger partial charge in [-0.05, 0) is 50.1 Å². The molecule has 0 aliphatic carbocycles. The van der Waals surface area contributed by atoms with Crippen molar-refractivity contribution in [3.05, 3.63) is 33.8 Å². The Morgan fingerprint density at radius 3 is 3.00 bits per heavy atom. The molecule has 0 spiro atoms. The Labute approximate surface area is 110 Å². The minimum Gasteiger partial charge on any atom is -0.350 e. The van der Waals surface area contributed by atoms with Gasteiger partial charge in [0.2, 0.25) is 0 Å². The zero-order valence-electron chi connectivity index (χ0n) is 9.92. The first-order chi connectivity index (χ1) is 8.15. The molecule has 4 heteroatoms. The summed E-state index contributed by atoms with van der Waals surface area (Å²) in [5.74, 6) is 0.00287. The van der Waals surface area contributed by atoms with E-state index in [0.717, 1.165) is 28.6 Å². The lowest BCUT2D eigenvalue weighted by Gasteiger charge is -2.11. The van der Waals surface area contributed by atoms with Crippen LogP contribution in [0, 0.1) is 6.92 Å². The van der Waals surface area contributed by atoms with E-state index in [1.807, 2.05) is 25.1 Å². The average molecular weight is 297 g/mol. The number of amides is 1. The molecular formula is C13H17BrN2O. The molecule has 1 unspecified atom stereocenters. The third kappa shape index (κ3) is 3.54. The van der Waals surface area contributed by atoms with Gasteiger partial charge in [-0.25, -0.2) is 0 Å². The number of carbonyl (C=O) groups excluding carboxylic acids is 1. The fraction of sp³-hybridized carbons (Fsp3) is 0.462. The van der Waals surface area contributed by atoms with Crippen molar-refractivity contribution < 1.29 is 4.79 Å². The van der Waals surface area contributed by atoms with Gasteiger partial charge in [0, 0.05) is 22.6 Å². The fourth-order valence-electron chi connectivity index (χ4n) is 2.12. The lowest BCUT2D eigenvalue weighted by Crippen LogP contribution is -2.37. The highest BCUT2D eigenvalue weighted by Gasteiger charge is 2.15. The molecule has 3 nitrogen and oxygen atoms in total. The Bertz CT molecular complexity index is 394. The topological polar surface area (TPSA) is 41.1 Å². The number of benzene rings is 1. The van der Waals surface area contributed by atoms with E-state index in [1.54, 1.807) is 0 Å². The molecule has 1 aliphatic heterocycles. The molecule has 1 saturated heterocycles. The number of carbonyl (C=O) groups is 1. The predicted octanol–water partition coefficient (Wildman–Crippen LogP) is 2.24. The molecule has 2 rings (SSSR count). The number of nitrogens with one attached hydrogen (secondary N) is 2. The molecule has 1 aromatic rings. The van der Waals surface area contributed by atoms with Crippen LogP contribution in [-0.2, 0) is 0 Å². The van der Waals surface area contributed by atoms with Gasteiger partial charge in [-0.1, -0.05) is 15.9 Å². The molecule has 0 saturated carbocycles. The summed E-state index contributed by atoms with van der Waals surface area (Å²) in [5.41, 5.74) is 1.80. The highest BCUT2D eigenvalue weighted by molar-refractivity contribution is 9.10. The molecule has 1 aromatic carbocycles. The molecule has 0 aromatic heterocycles. The number of hydrogen-bond donors (Lipinski definition) is 2. The maximum Gasteiger partial charge on any atom is 0.251 e. The van der Waals surface area contributed by atoms with Crippen LogP contribution in [0.1, 0.15) is 28.8 Å². The van der Waals surface area contributed by atoms with Gasteiger partial charge in [-0.2, -0.15) is 0 Å². The molecule has 1 amide bonds. The second-order valence-electron chi connectivity index (χ2n) is 4.52. The minimum atomic E-state index is 0.00287. The van der Waals surface area contributed by atoms with Crippen LogP contribution in [0.15, 0.2) is 22.7 Å². The summed E-state index contributed by atoms with van der Waals surface area (Å²) in [6.45, 7) is 3.76. The standard InChI is InChI=1S/C13H17BrN2O/c1-9-5-10(7-11(14)6-9)13(17)16-8-12-3-2-4-15-12/h5-7,12,15H,2-4,8H2,1H3,(H,16,17). The summed E-state index contributed by atoms with van der Waals surface area (Å²) in [6, 6.07) is 6.19. The number of rotatable bonds is 3. The summed E-state index contributed by atoms with van der Waals surface area (Å²) < 4.78 is 0.946. The van der Waals surface area contributed by atoms with E-state index >= 15 is 0 Å². The van der Waals surface area contributed by atoms with Gasteiger partial charge < -0.3 is 10.6 Å². The number of hydrogen-bond acceptors (Lipinski definition) is 2. The van der Waals surface area contributed by atoms with E-state index in [-0.39, 0.29) is 5.91 Å². The van der Waals surface area contributed by atoms with Crippen LogP contribution in [0.25, 0.3) is 0 Å². The Hall–Kier alpha value is -0.870. The van der Waals surface area contributed by atoms with Gasteiger partial charge in [-0.3, -0.25) is 4.79 Å². The highest BCUT2D eigenvalue weighted by atomic mass is 79.9. The van der Waals surface area contributed by atoms with E-state index < -0.39 is 0 Å². The summed E-state index contributed by atoms with van der Waals surface area (Å²) in [5, 5.41) is 6.34. The van der Waals surface area contributed by atoms with Crippen LogP contribution in [0.5, 0.6) is 0 Å². The van der Waals surface area contributed by atoms with Crippen LogP contribution in [0.2, 0.25) is 0 Å². The Morgan fingerprint density at radius 2 is 2.35 bits per heavy atom. The molecular weight excluding hydrogens is 280 g/mol. The zero-order valence-corrected chi connectivity index (χ0v) is 11.5. The van der Waals surface area contributed by atoms with Crippen molar-refractivity contribution in [1.29, 1.82) is 0 Å². The van der Waals surface area contributed by atoms with Crippen molar-refractivity contribution in [3.8, 4) is 0 Å². The molecule has 1 aliphatic rings. The first-order valence-electron chi connectivity index (χ1n) is 5.94. The van der Waals surface area contributed by atoms with Crippen molar-refractivity contribution in [2.45, 2.75) is 25.8 Å². The maximum absolute atomic E-state index is 11.9. The summed E-state index contributed by atoms with van der Waals surface area (Å²) in [6.07, 6.45) is 2.36. The normalized spacial score (nSPS) is 19.3. The number of aryl methyl sites for hydroxylation is 1.